The van der Waals surface area contributed by atoms with Crippen LogP contribution in [0.25, 0.3) is 0 Å². The summed E-state index contributed by atoms with van der Waals surface area (Å²) in [4.78, 5) is 0. The Kier molecular flexibility index (Phi) is 6.98. The van der Waals surface area contributed by atoms with Crippen LogP contribution in [0.2, 0.25) is 0 Å². The Hall–Kier alpha value is 0.324. The van der Waals surface area contributed by atoms with Gasteiger partial charge in [0.2, 0.25) is 0 Å². The molecule has 1 rings (SSSR count). The van der Waals surface area contributed by atoms with Crippen molar-refractivity contribution in [3.05, 3.63) is 35.5 Å². The van der Waals surface area contributed by atoms with Gasteiger partial charge in [0.25, 0.3) is 0 Å². The van der Waals surface area contributed by atoms with E-state index in [-0.39, 0.29) is 32.7 Å². The van der Waals surface area contributed by atoms with E-state index in [0.29, 0.717) is 0 Å². The molecule has 0 bridgehead atoms. The van der Waals surface area contributed by atoms with Crippen LogP contribution < -0.4 is 0 Å². The molecule has 1 aliphatic carbocycles. The van der Waals surface area contributed by atoms with Crippen LogP contribution in [-0.2, 0) is 32.7 Å². The Morgan fingerprint density at radius 2 is 2.00 bits per heavy atom. The summed E-state index contributed by atoms with van der Waals surface area (Å²) < 4.78 is 0. The Balaban J connectivity index is 0.00000121. The van der Waals surface area contributed by atoms with Crippen molar-refractivity contribution < 1.29 is 32.7 Å². The molecule has 0 spiro atoms. The fourth-order valence-electron chi connectivity index (χ4n) is 1.34. The Labute approximate surface area is 101 Å². The molecule has 1 aliphatic rings. The summed E-state index contributed by atoms with van der Waals surface area (Å²) in [6.45, 7) is 4.14. The Morgan fingerprint density at radius 1 is 1.25 bits per heavy atom. The van der Waals surface area contributed by atoms with Crippen molar-refractivity contribution in [2.75, 3.05) is 0 Å². The summed E-state index contributed by atoms with van der Waals surface area (Å²) in [5.41, 5.74) is 2.72. The molecular formula is C11H15Y-. The first-order valence-corrected chi connectivity index (χ1v) is 4.27. The van der Waals surface area contributed by atoms with Gasteiger partial charge in [0.1, 0.15) is 0 Å². The molecule has 0 atom stereocenters. The second-order valence-corrected chi connectivity index (χ2v) is 2.82. The molecule has 0 nitrogen and oxygen atoms in total. The van der Waals surface area contributed by atoms with E-state index in [1.165, 1.54) is 30.4 Å². The van der Waals surface area contributed by atoms with Crippen molar-refractivity contribution in [2.45, 2.75) is 33.1 Å². The summed E-state index contributed by atoms with van der Waals surface area (Å²) in [5, 5.41) is 0. The quantitative estimate of drug-likeness (QED) is 0.612. The summed E-state index contributed by atoms with van der Waals surface area (Å²) >= 11 is 0. The zero-order valence-corrected chi connectivity index (χ0v) is 10.8. The van der Waals surface area contributed by atoms with E-state index in [9.17, 15) is 0 Å². The predicted molar refractivity (Wildman–Crippen MR) is 49.2 cm³/mol. The SMILES string of the molecule is CC=CC1=[C-]C(=CC)CCC1.[Y]. The molecule has 0 aromatic heterocycles. The van der Waals surface area contributed by atoms with Crippen LogP contribution in [0, 0.1) is 6.08 Å². The molecule has 0 saturated carbocycles. The molecule has 0 N–H and O–H groups in total. The minimum atomic E-state index is 0. The second kappa shape index (κ2) is 6.80. The van der Waals surface area contributed by atoms with Crippen molar-refractivity contribution >= 4 is 0 Å². The second-order valence-electron chi connectivity index (χ2n) is 2.82. The third-order valence-corrected chi connectivity index (χ3v) is 1.93. The monoisotopic (exact) mass is 236 g/mol. The summed E-state index contributed by atoms with van der Waals surface area (Å²) in [6, 6.07) is 0. The van der Waals surface area contributed by atoms with Crippen LogP contribution in [-0.4, -0.2) is 0 Å². The van der Waals surface area contributed by atoms with Gasteiger partial charge >= 0.3 is 0 Å². The van der Waals surface area contributed by atoms with Crippen molar-refractivity contribution in [3.63, 3.8) is 0 Å². The molecule has 0 aliphatic heterocycles. The van der Waals surface area contributed by atoms with Gasteiger partial charge in [-0.3, -0.25) is 0 Å². The van der Waals surface area contributed by atoms with E-state index in [0.717, 1.165) is 0 Å². The minimum absolute atomic E-state index is 0. The third kappa shape index (κ3) is 3.82. The van der Waals surface area contributed by atoms with Crippen molar-refractivity contribution in [3.8, 4) is 0 Å². The summed E-state index contributed by atoms with van der Waals surface area (Å²) in [7, 11) is 0. The first kappa shape index (κ1) is 12.3. The molecule has 1 heteroatoms. The van der Waals surface area contributed by atoms with E-state index < -0.39 is 0 Å². The van der Waals surface area contributed by atoms with Crippen LogP contribution in [0.1, 0.15) is 33.1 Å². The number of hydrogen-bond donors (Lipinski definition) is 0. The molecule has 0 saturated heterocycles. The van der Waals surface area contributed by atoms with Crippen molar-refractivity contribution in [1.82, 2.24) is 0 Å². The number of hydrogen-bond acceptors (Lipinski definition) is 0. The normalized spacial score (nSPS) is 20.8. The molecule has 0 aromatic rings. The molecule has 0 fully saturated rings. The van der Waals surface area contributed by atoms with Gasteiger partial charge < -0.3 is 0 Å². The van der Waals surface area contributed by atoms with Crippen LogP contribution in [0.4, 0.5) is 0 Å². The molecule has 0 unspecified atom stereocenters. The maximum absolute atomic E-state index is 3.40. The zero-order chi connectivity index (χ0) is 8.10. The van der Waals surface area contributed by atoms with E-state index in [1.807, 2.05) is 0 Å². The summed E-state index contributed by atoms with van der Waals surface area (Å²) in [6.07, 6.45) is 13.5. The first-order chi connectivity index (χ1) is 5.36. The smallest absolute Gasteiger partial charge is 0 e. The molecular weight excluding hydrogens is 221 g/mol. The van der Waals surface area contributed by atoms with Gasteiger partial charge in [-0.1, -0.05) is 26.7 Å². The van der Waals surface area contributed by atoms with Gasteiger partial charge in [0.15, 0.2) is 0 Å². The topological polar surface area (TPSA) is 0 Å². The predicted octanol–water partition coefficient (Wildman–Crippen LogP) is 3.42. The molecule has 12 heavy (non-hydrogen) atoms. The molecule has 0 heterocycles. The largest absolute Gasteiger partial charge is 0.180 e. The van der Waals surface area contributed by atoms with Gasteiger partial charge in [-0.25, -0.2) is 0 Å². The summed E-state index contributed by atoms with van der Waals surface area (Å²) in [5.74, 6) is 0. The van der Waals surface area contributed by atoms with Gasteiger partial charge in [0.05, 0.1) is 0 Å². The zero-order valence-electron chi connectivity index (χ0n) is 7.93. The van der Waals surface area contributed by atoms with Gasteiger partial charge in [0, 0.05) is 32.7 Å². The van der Waals surface area contributed by atoms with E-state index in [2.05, 4.69) is 38.2 Å². The van der Waals surface area contributed by atoms with E-state index in [4.69, 9.17) is 0 Å². The maximum Gasteiger partial charge on any atom is 0 e. The molecule has 0 aromatic carbocycles. The van der Waals surface area contributed by atoms with Crippen LogP contribution in [0.5, 0.6) is 0 Å². The van der Waals surface area contributed by atoms with Gasteiger partial charge in [-0.05, 0) is 6.42 Å². The molecule has 0 amide bonds. The fourth-order valence-corrected chi connectivity index (χ4v) is 1.34. The maximum atomic E-state index is 3.40. The van der Waals surface area contributed by atoms with Crippen LogP contribution in [0.15, 0.2) is 29.4 Å². The first-order valence-electron chi connectivity index (χ1n) is 4.27. The fraction of sp³-hybridized carbons (Fsp3) is 0.455. The number of allylic oxidation sites excluding steroid dienone is 6. The van der Waals surface area contributed by atoms with Gasteiger partial charge in [-0.15, -0.1) is 6.08 Å². The average Bonchev–Trinajstić information content (AvgIpc) is 2.06. The third-order valence-electron chi connectivity index (χ3n) is 1.93. The van der Waals surface area contributed by atoms with Crippen LogP contribution >= 0.6 is 0 Å². The van der Waals surface area contributed by atoms with Crippen LogP contribution in [0.3, 0.4) is 0 Å². The average molecular weight is 236 g/mol. The van der Waals surface area contributed by atoms with Crippen molar-refractivity contribution in [2.24, 2.45) is 0 Å². The minimum Gasteiger partial charge on any atom is -0.180 e. The Bertz CT molecular complexity index is 209. The Morgan fingerprint density at radius 3 is 2.58 bits per heavy atom. The van der Waals surface area contributed by atoms with E-state index in [1.54, 1.807) is 0 Å². The number of rotatable bonds is 1. The van der Waals surface area contributed by atoms with Crippen molar-refractivity contribution in [1.29, 1.82) is 0 Å². The van der Waals surface area contributed by atoms with E-state index >= 15 is 0 Å². The standard InChI is InChI=1S/C11H15.Y/c1-3-6-11-8-5-7-10(4-2)9-11;/h3-4,6H,5,7-8H2,1-2H3;/q-1;. The molecule has 1 radical (unpaired) electrons. The molecule has 63 valence electrons. The van der Waals surface area contributed by atoms with Gasteiger partial charge in [-0.2, -0.15) is 29.4 Å².